The zero-order chi connectivity index (χ0) is 18.0. The number of anilines is 1. The maximum Gasteiger partial charge on any atom is 0.338 e. The Morgan fingerprint density at radius 1 is 1.20 bits per heavy atom. The summed E-state index contributed by atoms with van der Waals surface area (Å²) in [5, 5.41) is 0. The number of hydrogen-bond donors (Lipinski definition) is 1. The highest BCUT2D eigenvalue weighted by Crippen LogP contribution is 2.21. The number of aromatic nitrogens is 2. The molecule has 0 radical (unpaired) electrons. The van der Waals surface area contributed by atoms with Crippen molar-refractivity contribution in [2.75, 3.05) is 17.6 Å². The van der Waals surface area contributed by atoms with Crippen LogP contribution >= 0.6 is 0 Å². The second-order valence-corrected chi connectivity index (χ2v) is 7.21. The van der Waals surface area contributed by atoms with Crippen molar-refractivity contribution in [3.63, 3.8) is 0 Å². The first kappa shape index (κ1) is 17.0. The van der Waals surface area contributed by atoms with Crippen molar-refractivity contribution < 1.29 is 17.9 Å². The van der Waals surface area contributed by atoms with Crippen LogP contribution in [0.1, 0.15) is 17.3 Å². The minimum Gasteiger partial charge on any atom is -0.462 e. The summed E-state index contributed by atoms with van der Waals surface area (Å²) in [5.74, 6) is -0.379. The van der Waals surface area contributed by atoms with Crippen molar-refractivity contribution in [3.05, 3.63) is 54.4 Å². The van der Waals surface area contributed by atoms with Crippen LogP contribution in [0.2, 0.25) is 0 Å². The van der Waals surface area contributed by atoms with Gasteiger partial charge in [-0.25, -0.2) is 18.2 Å². The van der Waals surface area contributed by atoms with Gasteiger partial charge in [0.25, 0.3) is 0 Å². The van der Waals surface area contributed by atoms with E-state index in [1.807, 2.05) is 4.57 Å². The van der Waals surface area contributed by atoms with Gasteiger partial charge in [-0.3, -0.25) is 9.29 Å². The van der Waals surface area contributed by atoms with Gasteiger partial charge in [-0.05, 0) is 49.4 Å². The molecule has 0 saturated heterocycles. The molecule has 1 aromatic heterocycles. The summed E-state index contributed by atoms with van der Waals surface area (Å²) in [4.78, 5) is 16.1. The number of sulfonamides is 1. The van der Waals surface area contributed by atoms with Crippen LogP contribution in [0.25, 0.3) is 16.7 Å². The molecule has 7 nitrogen and oxygen atoms in total. The van der Waals surface area contributed by atoms with Crippen molar-refractivity contribution in [3.8, 4) is 5.69 Å². The molecule has 2 aromatic carbocycles. The van der Waals surface area contributed by atoms with Gasteiger partial charge in [-0.2, -0.15) is 0 Å². The molecular formula is C17H17N3O4S. The van der Waals surface area contributed by atoms with E-state index in [9.17, 15) is 13.2 Å². The number of nitrogens with one attached hydrogen (secondary N) is 1. The molecule has 0 unspecified atom stereocenters. The van der Waals surface area contributed by atoms with Crippen LogP contribution in [0.15, 0.2) is 48.8 Å². The van der Waals surface area contributed by atoms with Crippen LogP contribution in [0, 0.1) is 0 Å². The average molecular weight is 359 g/mol. The maximum atomic E-state index is 11.8. The molecule has 0 aliphatic carbocycles. The van der Waals surface area contributed by atoms with E-state index < -0.39 is 10.0 Å². The summed E-state index contributed by atoms with van der Waals surface area (Å²) >= 11 is 0. The van der Waals surface area contributed by atoms with Gasteiger partial charge in [-0.1, -0.05) is 0 Å². The Morgan fingerprint density at radius 2 is 1.92 bits per heavy atom. The predicted molar refractivity (Wildman–Crippen MR) is 95.5 cm³/mol. The number of imidazole rings is 1. The Bertz CT molecular complexity index is 1020. The first-order chi connectivity index (χ1) is 11.9. The standard InChI is InChI=1S/C17H17N3O4S/c1-3-24-17(21)12-4-9-16-15(10-12)18-11-20(16)14-7-5-13(6-8-14)19-25(2,22)23/h4-11,19H,3H2,1-2H3. The molecule has 1 heterocycles. The molecule has 0 aliphatic rings. The summed E-state index contributed by atoms with van der Waals surface area (Å²) in [6.07, 6.45) is 2.75. The molecule has 0 bridgehead atoms. The van der Waals surface area contributed by atoms with Crippen LogP contribution in [-0.2, 0) is 14.8 Å². The van der Waals surface area contributed by atoms with E-state index in [-0.39, 0.29) is 5.97 Å². The molecule has 0 spiro atoms. The zero-order valence-electron chi connectivity index (χ0n) is 13.8. The number of ether oxygens (including phenoxy) is 1. The summed E-state index contributed by atoms with van der Waals surface area (Å²) in [7, 11) is -3.31. The predicted octanol–water partition coefficient (Wildman–Crippen LogP) is 2.57. The molecular weight excluding hydrogens is 342 g/mol. The van der Waals surface area contributed by atoms with Gasteiger partial charge < -0.3 is 4.74 Å². The third-order valence-corrected chi connectivity index (χ3v) is 4.11. The van der Waals surface area contributed by atoms with E-state index >= 15 is 0 Å². The Labute approximate surface area is 145 Å². The molecule has 8 heteroatoms. The molecule has 0 saturated carbocycles. The van der Waals surface area contributed by atoms with E-state index in [2.05, 4.69) is 9.71 Å². The Balaban J connectivity index is 1.93. The van der Waals surface area contributed by atoms with E-state index in [1.54, 1.807) is 55.7 Å². The molecule has 1 N–H and O–H groups in total. The number of carbonyl (C=O) groups is 1. The largest absolute Gasteiger partial charge is 0.462 e. The molecule has 0 atom stereocenters. The minimum absolute atomic E-state index is 0.319. The van der Waals surface area contributed by atoms with Crippen molar-refractivity contribution in [1.29, 1.82) is 0 Å². The summed E-state index contributed by atoms with van der Waals surface area (Å²) in [6, 6.07) is 12.1. The fraction of sp³-hybridized carbons (Fsp3) is 0.176. The first-order valence-electron chi connectivity index (χ1n) is 7.60. The minimum atomic E-state index is -3.31. The van der Waals surface area contributed by atoms with Gasteiger partial charge >= 0.3 is 5.97 Å². The van der Waals surface area contributed by atoms with Gasteiger partial charge in [0.1, 0.15) is 6.33 Å². The number of nitrogens with zero attached hydrogens (tertiary/aromatic N) is 2. The van der Waals surface area contributed by atoms with Gasteiger partial charge in [0.05, 0.1) is 29.5 Å². The van der Waals surface area contributed by atoms with Gasteiger partial charge in [-0.15, -0.1) is 0 Å². The van der Waals surface area contributed by atoms with E-state index in [1.165, 1.54) is 0 Å². The normalized spacial score (nSPS) is 11.4. The lowest BCUT2D eigenvalue weighted by molar-refractivity contribution is 0.0526. The smallest absolute Gasteiger partial charge is 0.338 e. The molecule has 25 heavy (non-hydrogen) atoms. The first-order valence-corrected chi connectivity index (χ1v) is 9.49. The van der Waals surface area contributed by atoms with Crippen molar-refractivity contribution in [1.82, 2.24) is 9.55 Å². The maximum absolute atomic E-state index is 11.8. The molecule has 130 valence electrons. The lowest BCUT2D eigenvalue weighted by Gasteiger charge is -2.07. The van der Waals surface area contributed by atoms with E-state index in [4.69, 9.17) is 4.74 Å². The number of esters is 1. The topological polar surface area (TPSA) is 90.3 Å². The lowest BCUT2D eigenvalue weighted by atomic mass is 10.2. The van der Waals surface area contributed by atoms with Crippen molar-refractivity contribution in [2.45, 2.75) is 6.92 Å². The third kappa shape index (κ3) is 3.80. The van der Waals surface area contributed by atoms with Gasteiger partial charge in [0, 0.05) is 11.4 Å². The van der Waals surface area contributed by atoms with E-state index in [0.717, 1.165) is 17.5 Å². The quantitative estimate of drug-likeness (QED) is 0.707. The zero-order valence-corrected chi connectivity index (χ0v) is 14.6. The lowest BCUT2D eigenvalue weighted by Crippen LogP contribution is -2.09. The molecule has 3 rings (SSSR count). The molecule has 0 aliphatic heterocycles. The summed E-state index contributed by atoms with van der Waals surface area (Å²) < 4.78 is 31.8. The van der Waals surface area contributed by atoms with Crippen LogP contribution < -0.4 is 4.72 Å². The highest BCUT2D eigenvalue weighted by molar-refractivity contribution is 7.92. The van der Waals surface area contributed by atoms with E-state index in [0.29, 0.717) is 23.4 Å². The molecule has 3 aromatic rings. The van der Waals surface area contributed by atoms with Crippen LogP contribution in [0.3, 0.4) is 0 Å². The summed E-state index contributed by atoms with van der Waals surface area (Å²) in [6.45, 7) is 2.08. The number of rotatable bonds is 5. The van der Waals surface area contributed by atoms with Crippen molar-refractivity contribution in [2.24, 2.45) is 0 Å². The molecule has 0 amide bonds. The Kier molecular flexibility index (Phi) is 4.45. The highest BCUT2D eigenvalue weighted by atomic mass is 32.2. The summed E-state index contributed by atoms with van der Waals surface area (Å²) in [5.41, 5.74) is 3.26. The third-order valence-electron chi connectivity index (χ3n) is 3.51. The van der Waals surface area contributed by atoms with Crippen LogP contribution in [-0.4, -0.2) is 36.8 Å². The second-order valence-electron chi connectivity index (χ2n) is 5.46. The molecule has 0 fully saturated rings. The number of benzene rings is 2. The Hall–Kier alpha value is -2.87. The average Bonchev–Trinajstić information content (AvgIpc) is 2.97. The number of fused-ring (bicyclic) bond motifs is 1. The number of carbonyl (C=O) groups excluding carboxylic acids is 1. The van der Waals surface area contributed by atoms with Crippen LogP contribution in [0.4, 0.5) is 5.69 Å². The Morgan fingerprint density at radius 3 is 2.56 bits per heavy atom. The van der Waals surface area contributed by atoms with Crippen LogP contribution in [0.5, 0.6) is 0 Å². The fourth-order valence-electron chi connectivity index (χ4n) is 2.46. The van der Waals surface area contributed by atoms with Gasteiger partial charge in [0.15, 0.2) is 0 Å². The number of hydrogen-bond acceptors (Lipinski definition) is 5. The second kappa shape index (κ2) is 6.56. The SMILES string of the molecule is CCOC(=O)c1ccc2c(c1)ncn2-c1ccc(NS(C)(=O)=O)cc1. The fourth-order valence-corrected chi connectivity index (χ4v) is 3.03. The highest BCUT2D eigenvalue weighted by Gasteiger charge is 2.11. The van der Waals surface area contributed by atoms with Crippen molar-refractivity contribution >= 4 is 32.7 Å². The monoisotopic (exact) mass is 359 g/mol. The van der Waals surface area contributed by atoms with Gasteiger partial charge in [0.2, 0.25) is 10.0 Å².